The van der Waals surface area contributed by atoms with E-state index in [9.17, 15) is 8.42 Å². The Morgan fingerprint density at radius 2 is 1.65 bits per heavy atom. The number of sulfonamides is 1. The molecule has 5 heteroatoms. The lowest BCUT2D eigenvalue weighted by atomic mass is 10.0. The molecule has 0 aliphatic heterocycles. The van der Waals surface area contributed by atoms with Gasteiger partial charge in [-0.05, 0) is 47.5 Å². The lowest BCUT2D eigenvalue weighted by Crippen LogP contribution is -1.99. The summed E-state index contributed by atoms with van der Waals surface area (Å²) in [6.07, 6.45) is 1.42. The zero-order chi connectivity index (χ0) is 16.4. The Bertz CT molecular complexity index is 993. The molecule has 0 fully saturated rings. The number of benzene rings is 3. The van der Waals surface area contributed by atoms with Crippen LogP contribution in [0.15, 0.2) is 70.0 Å². The molecule has 3 aromatic carbocycles. The first-order valence-electron chi connectivity index (χ1n) is 7.02. The molecule has 3 nitrogen and oxygen atoms in total. The zero-order valence-corrected chi connectivity index (χ0v) is 14.0. The number of hydrogen-bond acceptors (Lipinski definition) is 2. The Morgan fingerprint density at radius 3 is 2.39 bits per heavy atom. The first-order valence-corrected chi connectivity index (χ1v) is 8.83. The van der Waals surface area contributed by atoms with Crippen LogP contribution in [0.5, 0.6) is 0 Å². The lowest BCUT2D eigenvalue weighted by Gasteiger charge is -2.06. The molecule has 3 aromatic rings. The van der Waals surface area contributed by atoms with Crippen LogP contribution in [0.1, 0.15) is 11.1 Å². The molecule has 0 bridgehead atoms. The maximum Gasteiger partial charge on any atom is 0.282 e. The van der Waals surface area contributed by atoms with Crippen molar-refractivity contribution in [3.63, 3.8) is 0 Å². The van der Waals surface area contributed by atoms with Crippen molar-refractivity contribution < 1.29 is 8.42 Å². The molecule has 0 atom stereocenters. The minimum atomic E-state index is -3.75. The number of halogens is 1. The summed E-state index contributed by atoms with van der Waals surface area (Å²) in [6.45, 7) is 1.93. The van der Waals surface area contributed by atoms with Gasteiger partial charge in [0.1, 0.15) is 0 Å². The third-order valence-electron chi connectivity index (χ3n) is 3.62. The van der Waals surface area contributed by atoms with Crippen molar-refractivity contribution in [2.45, 2.75) is 11.8 Å². The third kappa shape index (κ3) is 3.28. The summed E-state index contributed by atoms with van der Waals surface area (Å²) >= 11 is 5.79. The summed E-state index contributed by atoms with van der Waals surface area (Å²) in [7, 11) is -3.75. The molecule has 0 N–H and O–H groups in total. The minimum absolute atomic E-state index is 0.121. The van der Waals surface area contributed by atoms with E-state index in [4.69, 9.17) is 11.6 Å². The topological polar surface area (TPSA) is 46.5 Å². The molecule has 0 saturated carbocycles. The van der Waals surface area contributed by atoms with Gasteiger partial charge >= 0.3 is 0 Å². The van der Waals surface area contributed by atoms with Gasteiger partial charge in [-0.25, -0.2) is 0 Å². The second kappa shape index (κ2) is 6.14. The van der Waals surface area contributed by atoms with Crippen LogP contribution in [-0.4, -0.2) is 14.6 Å². The van der Waals surface area contributed by atoms with E-state index in [1.165, 1.54) is 30.5 Å². The van der Waals surface area contributed by atoms with Crippen molar-refractivity contribution in [3.8, 4) is 0 Å². The molecule has 0 unspecified atom stereocenters. The van der Waals surface area contributed by atoms with Gasteiger partial charge in [-0.1, -0.05) is 48.0 Å². The van der Waals surface area contributed by atoms with E-state index < -0.39 is 10.0 Å². The van der Waals surface area contributed by atoms with Crippen molar-refractivity contribution in [2.75, 3.05) is 0 Å². The molecule has 0 aliphatic carbocycles. The monoisotopic (exact) mass is 343 g/mol. The average Bonchev–Trinajstić information content (AvgIpc) is 2.54. The molecule has 23 heavy (non-hydrogen) atoms. The van der Waals surface area contributed by atoms with Crippen molar-refractivity contribution >= 4 is 38.6 Å². The molecule has 3 rings (SSSR count). The summed E-state index contributed by atoms with van der Waals surface area (Å²) in [6, 6.07) is 17.7. The van der Waals surface area contributed by atoms with Gasteiger partial charge in [-0.3, -0.25) is 0 Å². The van der Waals surface area contributed by atoms with Gasteiger partial charge in [0.15, 0.2) is 0 Å². The second-order valence-corrected chi connectivity index (χ2v) is 7.25. The van der Waals surface area contributed by atoms with Gasteiger partial charge in [0.25, 0.3) is 10.0 Å². The molecule has 0 saturated heterocycles. The minimum Gasteiger partial charge on any atom is -0.199 e. The highest BCUT2D eigenvalue weighted by Crippen LogP contribution is 2.22. The first-order chi connectivity index (χ1) is 11.0. The van der Waals surface area contributed by atoms with Gasteiger partial charge in [-0.2, -0.15) is 12.8 Å². The molecular weight excluding hydrogens is 330 g/mol. The molecule has 0 radical (unpaired) electrons. The number of hydrogen-bond donors (Lipinski definition) is 0. The van der Waals surface area contributed by atoms with Crippen LogP contribution in [0, 0.1) is 6.92 Å². The Morgan fingerprint density at radius 1 is 0.957 bits per heavy atom. The first kappa shape index (κ1) is 15.7. The van der Waals surface area contributed by atoms with E-state index in [2.05, 4.69) is 4.40 Å². The summed E-state index contributed by atoms with van der Waals surface area (Å²) in [5.41, 5.74) is 1.78. The number of rotatable bonds is 3. The highest BCUT2D eigenvalue weighted by atomic mass is 35.5. The van der Waals surface area contributed by atoms with Gasteiger partial charge in [0, 0.05) is 16.8 Å². The quantitative estimate of drug-likeness (QED) is 0.652. The Labute approximate surface area is 140 Å². The van der Waals surface area contributed by atoms with Crippen molar-refractivity contribution in [3.05, 3.63) is 76.8 Å². The molecule has 0 aliphatic rings. The predicted octanol–water partition coefficient (Wildman–Crippen LogP) is 4.61. The smallest absolute Gasteiger partial charge is 0.199 e. The third-order valence-corrected chi connectivity index (χ3v) is 5.12. The van der Waals surface area contributed by atoms with Crippen molar-refractivity contribution in [1.82, 2.24) is 0 Å². The fraction of sp³-hybridized carbons (Fsp3) is 0.0556. The van der Waals surface area contributed by atoms with E-state index in [-0.39, 0.29) is 4.90 Å². The SMILES string of the molecule is Cc1ccc2ccccc2c1C=NS(=O)(=O)c1ccc(Cl)cc1. The molecule has 0 aromatic heterocycles. The fourth-order valence-electron chi connectivity index (χ4n) is 2.37. The normalized spacial score (nSPS) is 12.1. The van der Waals surface area contributed by atoms with Crippen LogP contribution >= 0.6 is 11.6 Å². The van der Waals surface area contributed by atoms with E-state index >= 15 is 0 Å². The van der Waals surface area contributed by atoms with Crippen LogP contribution in [0.4, 0.5) is 0 Å². The molecule has 0 spiro atoms. The molecule has 0 heterocycles. The van der Waals surface area contributed by atoms with Gasteiger partial charge in [0.2, 0.25) is 0 Å². The fourth-order valence-corrected chi connectivity index (χ4v) is 3.34. The Hall–Kier alpha value is -2.17. The van der Waals surface area contributed by atoms with Gasteiger partial charge in [-0.15, -0.1) is 0 Å². The van der Waals surface area contributed by atoms with Crippen LogP contribution in [0.2, 0.25) is 5.02 Å². The van der Waals surface area contributed by atoms with Gasteiger partial charge < -0.3 is 0 Å². The molecule has 116 valence electrons. The van der Waals surface area contributed by atoms with E-state index in [1.807, 2.05) is 43.3 Å². The summed E-state index contributed by atoms with van der Waals surface area (Å²) in [4.78, 5) is 0.121. The molecular formula is C18H14ClNO2S. The van der Waals surface area contributed by atoms with Crippen molar-refractivity contribution in [2.24, 2.45) is 4.40 Å². The summed E-state index contributed by atoms with van der Waals surface area (Å²) < 4.78 is 28.5. The number of nitrogens with zero attached hydrogens (tertiary/aromatic N) is 1. The maximum atomic E-state index is 12.3. The average molecular weight is 344 g/mol. The van der Waals surface area contributed by atoms with E-state index in [1.54, 1.807) is 0 Å². The number of aryl methyl sites for hydroxylation is 1. The predicted molar refractivity (Wildman–Crippen MR) is 94.9 cm³/mol. The number of fused-ring (bicyclic) bond motifs is 1. The molecule has 0 amide bonds. The summed E-state index contributed by atoms with van der Waals surface area (Å²) in [5.74, 6) is 0. The van der Waals surface area contributed by atoms with Crippen LogP contribution < -0.4 is 0 Å². The highest BCUT2D eigenvalue weighted by molar-refractivity contribution is 7.90. The lowest BCUT2D eigenvalue weighted by molar-refractivity contribution is 0.598. The van der Waals surface area contributed by atoms with Crippen molar-refractivity contribution in [1.29, 1.82) is 0 Å². The highest BCUT2D eigenvalue weighted by Gasteiger charge is 2.12. The Balaban J connectivity index is 2.06. The van der Waals surface area contributed by atoms with E-state index in [0.29, 0.717) is 5.02 Å². The second-order valence-electron chi connectivity index (χ2n) is 5.18. The Kier molecular flexibility index (Phi) is 4.20. The maximum absolute atomic E-state index is 12.3. The largest absolute Gasteiger partial charge is 0.282 e. The summed E-state index contributed by atoms with van der Waals surface area (Å²) in [5, 5.41) is 2.50. The van der Waals surface area contributed by atoms with Crippen LogP contribution in [0.3, 0.4) is 0 Å². The van der Waals surface area contributed by atoms with E-state index in [0.717, 1.165) is 21.9 Å². The standard InChI is InChI=1S/C18H14ClNO2S/c1-13-6-7-14-4-2-3-5-17(14)18(13)12-20-23(21,22)16-10-8-15(19)9-11-16/h2-12H,1H3. The van der Waals surface area contributed by atoms with Crippen LogP contribution in [0.25, 0.3) is 10.8 Å². The zero-order valence-electron chi connectivity index (χ0n) is 12.4. The van der Waals surface area contributed by atoms with Crippen LogP contribution in [-0.2, 0) is 10.0 Å². The van der Waals surface area contributed by atoms with Gasteiger partial charge in [0.05, 0.1) is 4.90 Å².